The second-order valence-electron chi connectivity index (χ2n) is 8.25. The van der Waals surface area contributed by atoms with Gasteiger partial charge in [0.05, 0.1) is 5.37 Å². The van der Waals surface area contributed by atoms with Crippen LogP contribution in [0.1, 0.15) is 66.8 Å². The Morgan fingerprint density at radius 2 is 1.79 bits per heavy atom. The minimum absolute atomic E-state index is 0.0785. The van der Waals surface area contributed by atoms with Crippen molar-refractivity contribution in [2.45, 2.75) is 67.8 Å². The van der Waals surface area contributed by atoms with E-state index in [1.807, 2.05) is 16.7 Å². The third-order valence-electron chi connectivity index (χ3n) is 6.45. The van der Waals surface area contributed by atoms with E-state index in [2.05, 4.69) is 35.3 Å². The molecular weight excluding hydrogens is 378 g/mol. The van der Waals surface area contributed by atoms with Gasteiger partial charge in [0.1, 0.15) is 5.03 Å². The number of fused-ring (bicyclic) bond motifs is 2. The molecule has 2 N–H and O–H groups in total. The normalized spacial score (nSPS) is 18.1. The number of hydrogen-bond donors (Lipinski definition) is 1. The van der Waals surface area contributed by atoms with Crippen LogP contribution in [0.5, 0.6) is 0 Å². The van der Waals surface area contributed by atoms with Gasteiger partial charge in [0, 0.05) is 17.3 Å². The van der Waals surface area contributed by atoms with Gasteiger partial charge in [-0.1, -0.05) is 73.5 Å². The van der Waals surface area contributed by atoms with Gasteiger partial charge in [-0.25, -0.2) is 4.79 Å². The molecule has 0 aliphatic heterocycles. The molecule has 0 radical (unpaired) electrons. The lowest BCUT2D eigenvalue weighted by molar-refractivity contribution is 0.334. The van der Waals surface area contributed by atoms with E-state index in [9.17, 15) is 4.79 Å². The summed E-state index contributed by atoms with van der Waals surface area (Å²) in [6, 6.07) is 14.9. The summed E-state index contributed by atoms with van der Waals surface area (Å²) < 4.78 is 2.04. The Balaban J connectivity index is 1.51. The molecule has 2 aliphatic rings. The van der Waals surface area contributed by atoms with Crippen LogP contribution in [0.4, 0.5) is 0 Å². The third kappa shape index (κ3) is 3.51. The maximum Gasteiger partial charge on any atom is 0.349 e. The number of benzene rings is 2. The highest BCUT2D eigenvalue weighted by molar-refractivity contribution is 7.99. The number of hydrogen-bond acceptors (Lipinski definition) is 4. The molecule has 1 aromatic heterocycles. The maximum atomic E-state index is 13.0. The zero-order valence-electron chi connectivity index (χ0n) is 16.6. The van der Waals surface area contributed by atoms with E-state index in [1.165, 1.54) is 53.1 Å². The van der Waals surface area contributed by atoms with Crippen LogP contribution in [0.25, 0.3) is 10.8 Å². The Kier molecular flexibility index (Phi) is 5.18. The van der Waals surface area contributed by atoms with Crippen LogP contribution in [-0.2, 0) is 12.8 Å². The smallest absolute Gasteiger partial charge is 0.315 e. The third-order valence-corrected chi connectivity index (χ3v) is 7.52. The fraction of sp³-hybridized carbons (Fsp3) is 0.417. The zero-order chi connectivity index (χ0) is 19.8. The first-order valence-corrected chi connectivity index (χ1v) is 11.6. The quantitative estimate of drug-likeness (QED) is 0.371. The minimum atomic E-state index is -0.247. The van der Waals surface area contributed by atoms with Crippen LogP contribution >= 0.6 is 11.8 Å². The highest BCUT2D eigenvalue weighted by Crippen LogP contribution is 2.39. The molecule has 0 bridgehead atoms. The summed E-state index contributed by atoms with van der Waals surface area (Å²) in [6.45, 7) is 0. The van der Waals surface area contributed by atoms with Crippen LogP contribution in [-0.4, -0.2) is 9.55 Å². The summed E-state index contributed by atoms with van der Waals surface area (Å²) >= 11 is 1.54. The molecular formula is C24H27N3OS. The van der Waals surface area contributed by atoms with Crippen molar-refractivity contribution >= 4 is 22.5 Å². The van der Waals surface area contributed by atoms with E-state index in [0.29, 0.717) is 6.04 Å². The first-order chi connectivity index (χ1) is 14.2. The molecule has 1 fully saturated rings. The van der Waals surface area contributed by atoms with Crippen LogP contribution in [0.2, 0.25) is 0 Å². The van der Waals surface area contributed by atoms with E-state index in [1.54, 1.807) is 0 Å². The molecule has 150 valence electrons. The summed E-state index contributed by atoms with van der Waals surface area (Å²) in [5.41, 5.74) is 10.1. The lowest BCUT2D eigenvalue weighted by Crippen LogP contribution is -2.32. The summed E-state index contributed by atoms with van der Waals surface area (Å²) in [7, 11) is 0. The van der Waals surface area contributed by atoms with E-state index in [-0.39, 0.29) is 11.1 Å². The van der Waals surface area contributed by atoms with E-state index >= 15 is 0 Å². The predicted octanol–water partition coefficient (Wildman–Crippen LogP) is 5.14. The number of nitrogens with zero attached hydrogens (tertiary/aromatic N) is 2. The predicted molar refractivity (Wildman–Crippen MR) is 119 cm³/mol. The molecule has 1 unspecified atom stereocenters. The van der Waals surface area contributed by atoms with Crippen LogP contribution < -0.4 is 11.4 Å². The fourth-order valence-electron chi connectivity index (χ4n) is 5.04. The summed E-state index contributed by atoms with van der Waals surface area (Å²) in [5, 5.41) is 2.95. The van der Waals surface area contributed by atoms with Gasteiger partial charge in [0.15, 0.2) is 0 Å². The van der Waals surface area contributed by atoms with Gasteiger partial charge in [0.25, 0.3) is 0 Å². The molecule has 3 aromatic rings. The van der Waals surface area contributed by atoms with Gasteiger partial charge in [-0.2, -0.15) is 4.98 Å². The second kappa shape index (κ2) is 7.96. The largest absolute Gasteiger partial charge is 0.349 e. The van der Waals surface area contributed by atoms with Crippen molar-refractivity contribution in [2.75, 3.05) is 0 Å². The van der Waals surface area contributed by atoms with Crippen molar-refractivity contribution in [1.82, 2.24) is 9.55 Å². The molecule has 5 heteroatoms. The average Bonchev–Trinajstić information content (AvgIpc) is 3.24. The monoisotopic (exact) mass is 405 g/mol. The van der Waals surface area contributed by atoms with Crippen LogP contribution in [0.3, 0.4) is 0 Å². The highest BCUT2D eigenvalue weighted by atomic mass is 32.2. The van der Waals surface area contributed by atoms with Crippen LogP contribution in [0, 0.1) is 0 Å². The molecule has 0 amide bonds. The molecule has 1 atom stereocenters. The summed E-state index contributed by atoms with van der Waals surface area (Å²) in [4.78, 5) is 17.6. The SMILES string of the molecule is NC(Sc1nc(=O)n(C2CCCCC2)c2c1CCC2)c1cccc2ccccc12. The molecule has 0 spiro atoms. The Hall–Kier alpha value is -2.11. The Bertz CT molecular complexity index is 1100. The molecule has 29 heavy (non-hydrogen) atoms. The van der Waals surface area contributed by atoms with Crippen molar-refractivity contribution in [3.63, 3.8) is 0 Å². The van der Waals surface area contributed by atoms with Crippen molar-refractivity contribution in [1.29, 1.82) is 0 Å². The summed E-state index contributed by atoms with van der Waals surface area (Å²) in [5.74, 6) is 0. The van der Waals surface area contributed by atoms with E-state index < -0.39 is 0 Å². The van der Waals surface area contributed by atoms with Crippen LogP contribution in [0.15, 0.2) is 52.3 Å². The Morgan fingerprint density at radius 1 is 1.00 bits per heavy atom. The van der Waals surface area contributed by atoms with Gasteiger partial charge < -0.3 is 5.73 Å². The molecule has 1 saturated carbocycles. The average molecular weight is 406 g/mol. The summed E-state index contributed by atoms with van der Waals surface area (Å²) in [6.07, 6.45) is 9.02. The minimum Gasteiger partial charge on any atom is -0.315 e. The first-order valence-electron chi connectivity index (χ1n) is 10.8. The van der Waals surface area contributed by atoms with Crippen molar-refractivity contribution in [3.8, 4) is 0 Å². The number of aromatic nitrogens is 2. The van der Waals surface area contributed by atoms with E-state index in [0.717, 1.165) is 42.7 Å². The molecule has 0 saturated heterocycles. The van der Waals surface area contributed by atoms with Gasteiger partial charge >= 0.3 is 5.69 Å². The lowest BCUT2D eigenvalue weighted by atomic mass is 9.95. The number of nitrogens with two attached hydrogens (primary N) is 1. The molecule has 5 rings (SSSR count). The molecule has 2 aliphatic carbocycles. The van der Waals surface area contributed by atoms with Gasteiger partial charge in [-0.15, -0.1) is 0 Å². The lowest BCUT2D eigenvalue weighted by Gasteiger charge is -2.27. The first kappa shape index (κ1) is 18.9. The zero-order valence-corrected chi connectivity index (χ0v) is 17.5. The highest BCUT2D eigenvalue weighted by Gasteiger charge is 2.27. The second-order valence-corrected chi connectivity index (χ2v) is 9.38. The number of thioether (sulfide) groups is 1. The molecule has 1 heterocycles. The molecule has 4 nitrogen and oxygen atoms in total. The van der Waals surface area contributed by atoms with Gasteiger partial charge in [-0.3, -0.25) is 4.57 Å². The van der Waals surface area contributed by atoms with Gasteiger partial charge in [-0.05, 0) is 48.4 Å². The van der Waals surface area contributed by atoms with Crippen molar-refractivity contribution in [3.05, 3.63) is 69.8 Å². The fourth-order valence-corrected chi connectivity index (χ4v) is 6.11. The number of rotatable bonds is 4. The van der Waals surface area contributed by atoms with Gasteiger partial charge in [0.2, 0.25) is 0 Å². The Morgan fingerprint density at radius 3 is 2.66 bits per heavy atom. The van der Waals surface area contributed by atoms with Crippen molar-refractivity contribution < 1.29 is 0 Å². The van der Waals surface area contributed by atoms with E-state index in [4.69, 9.17) is 5.73 Å². The standard InChI is InChI=1S/C24H27N3OS/c25-22(19-13-6-9-16-8-4-5-12-18(16)19)29-23-20-14-7-15-21(20)27(24(28)26-23)17-10-2-1-3-11-17/h4-6,8-9,12-13,17,22H,1-3,7,10-11,14-15,25H2. The van der Waals surface area contributed by atoms with Crippen molar-refractivity contribution in [2.24, 2.45) is 5.73 Å². The topological polar surface area (TPSA) is 60.9 Å². The molecule has 2 aromatic carbocycles. The maximum absolute atomic E-state index is 13.0. The Labute approximate surface area is 175 Å².